The van der Waals surface area contributed by atoms with Gasteiger partial charge < -0.3 is 15.0 Å². The molecular weight excluding hydrogens is 242 g/mol. The number of likely N-dealkylation sites (tertiary alicyclic amines) is 1. The van der Waals surface area contributed by atoms with E-state index in [1.807, 2.05) is 18.9 Å². The number of morpholine rings is 1. The molecule has 2 rings (SSSR count). The lowest BCUT2D eigenvalue weighted by atomic mass is 9.95. The Morgan fingerprint density at radius 2 is 1.89 bits per heavy atom. The van der Waals surface area contributed by atoms with Crippen LogP contribution in [0.4, 0.5) is 0 Å². The normalized spacial score (nSPS) is 24.4. The van der Waals surface area contributed by atoms with Crippen molar-refractivity contribution >= 4 is 5.91 Å². The number of nitrogens with one attached hydrogen (secondary N) is 1. The van der Waals surface area contributed by atoms with E-state index in [1.54, 1.807) is 0 Å². The van der Waals surface area contributed by atoms with Gasteiger partial charge in [0.1, 0.15) is 0 Å². The van der Waals surface area contributed by atoms with E-state index in [2.05, 4.69) is 10.2 Å². The Labute approximate surface area is 116 Å². The minimum absolute atomic E-state index is 0.0595. The zero-order valence-corrected chi connectivity index (χ0v) is 12.2. The molecule has 0 aliphatic carbocycles. The van der Waals surface area contributed by atoms with Crippen LogP contribution in [0, 0.1) is 5.92 Å². The molecular formula is C14H27N3O2. The molecule has 2 saturated heterocycles. The van der Waals surface area contributed by atoms with Gasteiger partial charge in [-0.25, -0.2) is 0 Å². The highest BCUT2D eigenvalue weighted by molar-refractivity contribution is 5.81. The minimum atomic E-state index is -0.0595. The van der Waals surface area contributed by atoms with Gasteiger partial charge in [-0.2, -0.15) is 0 Å². The van der Waals surface area contributed by atoms with E-state index in [-0.39, 0.29) is 11.9 Å². The molecule has 1 unspecified atom stereocenters. The fraction of sp³-hybridized carbons (Fsp3) is 0.929. The van der Waals surface area contributed by atoms with E-state index in [4.69, 9.17) is 4.74 Å². The van der Waals surface area contributed by atoms with Gasteiger partial charge in [0.05, 0.1) is 19.3 Å². The first-order chi connectivity index (χ1) is 9.20. The highest BCUT2D eigenvalue weighted by Gasteiger charge is 2.26. The van der Waals surface area contributed by atoms with Gasteiger partial charge in [0.2, 0.25) is 5.91 Å². The van der Waals surface area contributed by atoms with Gasteiger partial charge >= 0.3 is 0 Å². The molecule has 0 radical (unpaired) electrons. The zero-order valence-electron chi connectivity index (χ0n) is 12.2. The van der Waals surface area contributed by atoms with Crippen molar-refractivity contribution in [2.24, 2.45) is 5.92 Å². The summed E-state index contributed by atoms with van der Waals surface area (Å²) in [6.45, 7) is 8.81. The molecule has 1 amide bonds. The lowest BCUT2D eigenvalue weighted by Crippen LogP contribution is -2.48. The summed E-state index contributed by atoms with van der Waals surface area (Å²) in [5, 5.41) is 3.03. The second kappa shape index (κ2) is 7.22. The lowest BCUT2D eigenvalue weighted by Gasteiger charge is -2.36. The van der Waals surface area contributed by atoms with Crippen molar-refractivity contribution in [2.45, 2.75) is 25.8 Å². The van der Waals surface area contributed by atoms with E-state index in [0.29, 0.717) is 0 Å². The van der Waals surface area contributed by atoms with E-state index in [0.717, 1.165) is 58.2 Å². The Bertz CT molecular complexity index is 284. The van der Waals surface area contributed by atoms with Crippen molar-refractivity contribution in [2.75, 3.05) is 53.0 Å². The smallest absolute Gasteiger partial charge is 0.239 e. The van der Waals surface area contributed by atoms with Crippen LogP contribution in [0.1, 0.15) is 19.8 Å². The standard InChI is InChI=1S/C14H27N3O2/c1-12(15-2)14(18)17-5-3-13(4-6-17)11-16-7-9-19-10-8-16/h12-13,15H,3-11H2,1-2H3. The molecule has 2 fully saturated rings. The average molecular weight is 269 g/mol. The van der Waals surface area contributed by atoms with Gasteiger partial charge in [0.25, 0.3) is 0 Å². The lowest BCUT2D eigenvalue weighted by molar-refractivity contribution is -0.134. The Morgan fingerprint density at radius 1 is 1.26 bits per heavy atom. The maximum Gasteiger partial charge on any atom is 0.239 e. The number of hydrogen-bond acceptors (Lipinski definition) is 4. The maximum atomic E-state index is 12.1. The summed E-state index contributed by atoms with van der Waals surface area (Å²) >= 11 is 0. The van der Waals surface area contributed by atoms with E-state index in [9.17, 15) is 4.79 Å². The Balaban J connectivity index is 1.71. The third-order valence-electron chi connectivity index (χ3n) is 4.35. The maximum absolute atomic E-state index is 12.1. The number of amides is 1. The van der Waals surface area contributed by atoms with Crippen molar-refractivity contribution in [3.8, 4) is 0 Å². The number of nitrogens with zero attached hydrogens (tertiary/aromatic N) is 2. The van der Waals surface area contributed by atoms with Crippen LogP contribution < -0.4 is 5.32 Å². The SMILES string of the molecule is CNC(C)C(=O)N1CCC(CN2CCOCC2)CC1. The third kappa shape index (κ3) is 4.16. The zero-order chi connectivity index (χ0) is 13.7. The van der Waals surface area contributed by atoms with E-state index in [1.165, 1.54) is 6.54 Å². The predicted molar refractivity (Wildman–Crippen MR) is 75.1 cm³/mol. The van der Waals surface area contributed by atoms with Crippen LogP contribution in [0.5, 0.6) is 0 Å². The fourth-order valence-electron chi connectivity index (χ4n) is 2.88. The molecule has 0 aromatic heterocycles. The molecule has 5 nitrogen and oxygen atoms in total. The van der Waals surface area contributed by atoms with Gasteiger partial charge in [0.15, 0.2) is 0 Å². The Morgan fingerprint density at radius 3 is 2.47 bits per heavy atom. The molecule has 0 aromatic rings. The largest absolute Gasteiger partial charge is 0.379 e. The fourth-order valence-corrected chi connectivity index (χ4v) is 2.88. The first-order valence-electron chi connectivity index (χ1n) is 7.47. The highest BCUT2D eigenvalue weighted by atomic mass is 16.5. The van der Waals surface area contributed by atoms with E-state index >= 15 is 0 Å². The van der Waals surface area contributed by atoms with Crippen LogP contribution in [0.2, 0.25) is 0 Å². The van der Waals surface area contributed by atoms with Crippen LogP contribution in [-0.4, -0.2) is 74.7 Å². The van der Waals surface area contributed by atoms with Crippen molar-refractivity contribution in [1.29, 1.82) is 0 Å². The van der Waals surface area contributed by atoms with E-state index < -0.39 is 0 Å². The Kier molecular flexibility index (Phi) is 5.60. The summed E-state index contributed by atoms with van der Waals surface area (Å²) in [6.07, 6.45) is 2.28. The molecule has 2 heterocycles. The molecule has 5 heteroatoms. The van der Waals surface area contributed by atoms with Crippen molar-refractivity contribution in [1.82, 2.24) is 15.1 Å². The summed E-state index contributed by atoms with van der Waals surface area (Å²) in [5.74, 6) is 0.986. The summed E-state index contributed by atoms with van der Waals surface area (Å²) < 4.78 is 5.37. The molecule has 0 spiro atoms. The molecule has 0 saturated carbocycles. The third-order valence-corrected chi connectivity index (χ3v) is 4.35. The van der Waals surface area contributed by atoms with Crippen LogP contribution in [0.25, 0.3) is 0 Å². The van der Waals surface area contributed by atoms with Crippen molar-refractivity contribution in [3.05, 3.63) is 0 Å². The molecule has 19 heavy (non-hydrogen) atoms. The summed E-state index contributed by atoms with van der Waals surface area (Å²) in [5.41, 5.74) is 0. The van der Waals surface area contributed by atoms with Crippen LogP contribution in [0.3, 0.4) is 0 Å². The highest BCUT2D eigenvalue weighted by Crippen LogP contribution is 2.19. The van der Waals surface area contributed by atoms with Crippen molar-refractivity contribution < 1.29 is 9.53 Å². The Hall–Kier alpha value is -0.650. The molecule has 2 aliphatic heterocycles. The van der Waals surface area contributed by atoms with Gasteiger partial charge in [-0.15, -0.1) is 0 Å². The molecule has 0 bridgehead atoms. The summed E-state index contributed by atoms with van der Waals surface area (Å²) in [6, 6.07) is -0.0595. The summed E-state index contributed by atoms with van der Waals surface area (Å²) in [7, 11) is 1.84. The van der Waals surface area contributed by atoms with Crippen LogP contribution >= 0.6 is 0 Å². The number of rotatable bonds is 4. The van der Waals surface area contributed by atoms with Crippen molar-refractivity contribution in [3.63, 3.8) is 0 Å². The number of carbonyl (C=O) groups is 1. The first kappa shape index (κ1) is 14.8. The minimum Gasteiger partial charge on any atom is -0.379 e. The average Bonchev–Trinajstić information content (AvgIpc) is 2.47. The van der Waals surface area contributed by atoms with Crippen LogP contribution in [-0.2, 0) is 9.53 Å². The number of piperidine rings is 1. The monoisotopic (exact) mass is 269 g/mol. The molecule has 1 atom stereocenters. The van der Waals surface area contributed by atoms with Gasteiger partial charge in [-0.3, -0.25) is 9.69 Å². The topological polar surface area (TPSA) is 44.8 Å². The first-order valence-corrected chi connectivity index (χ1v) is 7.47. The molecule has 0 aromatic carbocycles. The van der Waals surface area contributed by atoms with Gasteiger partial charge in [0, 0.05) is 32.7 Å². The number of carbonyl (C=O) groups excluding carboxylic acids is 1. The predicted octanol–water partition coefficient (Wildman–Crippen LogP) is 0.165. The molecule has 2 aliphatic rings. The second-order valence-electron chi connectivity index (χ2n) is 5.69. The molecule has 110 valence electrons. The summed E-state index contributed by atoms with van der Waals surface area (Å²) in [4.78, 5) is 16.6. The number of ether oxygens (including phenoxy) is 1. The van der Waals surface area contributed by atoms with Gasteiger partial charge in [-0.05, 0) is 32.7 Å². The molecule has 1 N–H and O–H groups in total. The van der Waals surface area contributed by atoms with Gasteiger partial charge in [-0.1, -0.05) is 0 Å². The number of hydrogen-bond donors (Lipinski definition) is 1. The second-order valence-corrected chi connectivity index (χ2v) is 5.69. The number of likely N-dealkylation sites (N-methyl/N-ethyl adjacent to an activating group) is 1. The van der Waals surface area contributed by atoms with Crippen LogP contribution in [0.15, 0.2) is 0 Å². The quantitative estimate of drug-likeness (QED) is 0.790.